The van der Waals surface area contributed by atoms with Gasteiger partial charge < -0.3 is 20.4 Å². The highest BCUT2D eigenvalue weighted by Gasteiger charge is 2.21. The summed E-state index contributed by atoms with van der Waals surface area (Å²) in [6.45, 7) is 12.4. The van der Waals surface area contributed by atoms with Crippen molar-refractivity contribution in [2.45, 2.75) is 39.2 Å². The van der Waals surface area contributed by atoms with Crippen LogP contribution in [0.3, 0.4) is 0 Å². The third-order valence-electron chi connectivity index (χ3n) is 6.18. The number of aliphatic imine (C=N–C) groups is 1. The lowest BCUT2D eigenvalue weighted by molar-refractivity contribution is 0.312. The molecule has 1 aliphatic rings. The van der Waals surface area contributed by atoms with Gasteiger partial charge in [0.2, 0.25) is 0 Å². The number of nitrogens with one attached hydrogen (secondary N) is 2. The van der Waals surface area contributed by atoms with Gasteiger partial charge in [0.15, 0.2) is 5.96 Å². The number of halogens is 1. The summed E-state index contributed by atoms with van der Waals surface area (Å²) in [5, 5.41) is 6.99. The molecular weight excluding hydrogens is 511 g/mol. The molecule has 0 bridgehead atoms. The molecule has 6 nitrogen and oxygen atoms in total. The number of aromatic nitrogens is 1. The quantitative estimate of drug-likeness (QED) is 0.313. The monoisotopic (exact) mass is 550 g/mol. The molecule has 3 rings (SSSR count). The molecule has 1 aromatic carbocycles. The summed E-state index contributed by atoms with van der Waals surface area (Å²) in [5.74, 6) is 1.89. The van der Waals surface area contributed by atoms with Crippen molar-refractivity contribution in [3.05, 3.63) is 59.3 Å². The highest BCUT2D eigenvalue weighted by molar-refractivity contribution is 14.0. The normalized spacial score (nSPS) is 15.3. The molecule has 0 aliphatic carbocycles. The van der Waals surface area contributed by atoms with E-state index < -0.39 is 0 Å². The van der Waals surface area contributed by atoms with Crippen LogP contribution in [0.5, 0.6) is 0 Å². The second-order valence-corrected chi connectivity index (χ2v) is 8.99. The fraction of sp³-hybridized carbons (Fsp3) is 0.520. The maximum Gasteiger partial charge on any atom is 0.191 e. The van der Waals surface area contributed by atoms with E-state index in [1.165, 1.54) is 16.7 Å². The second-order valence-electron chi connectivity index (χ2n) is 8.99. The third-order valence-corrected chi connectivity index (χ3v) is 6.18. The fourth-order valence-corrected chi connectivity index (χ4v) is 3.87. The molecule has 0 saturated carbocycles. The molecule has 1 aromatic heterocycles. The second kappa shape index (κ2) is 12.4. The van der Waals surface area contributed by atoms with Crippen LogP contribution in [-0.4, -0.2) is 62.7 Å². The summed E-state index contributed by atoms with van der Waals surface area (Å²) < 4.78 is 0. The summed E-state index contributed by atoms with van der Waals surface area (Å²) in [4.78, 5) is 13.9. The SMILES string of the molecule is CCc1ccc(C(C)(C)CNC(=NC)NCc2cccnc2N2CCN(C)CC2)cc1.I. The maximum atomic E-state index is 4.68. The Balaban J connectivity index is 0.00000363. The fourth-order valence-electron chi connectivity index (χ4n) is 3.87. The van der Waals surface area contributed by atoms with Crippen molar-refractivity contribution < 1.29 is 0 Å². The molecule has 176 valence electrons. The van der Waals surface area contributed by atoms with Crippen molar-refractivity contribution in [1.82, 2.24) is 20.5 Å². The zero-order valence-corrected chi connectivity index (χ0v) is 22.5. The molecule has 2 aromatic rings. The largest absolute Gasteiger partial charge is 0.356 e. The van der Waals surface area contributed by atoms with Crippen LogP contribution >= 0.6 is 24.0 Å². The van der Waals surface area contributed by atoms with Gasteiger partial charge >= 0.3 is 0 Å². The van der Waals surface area contributed by atoms with Crippen molar-refractivity contribution in [1.29, 1.82) is 0 Å². The molecule has 0 spiro atoms. The number of benzene rings is 1. The van der Waals surface area contributed by atoms with Gasteiger partial charge in [-0.2, -0.15) is 0 Å². The van der Waals surface area contributed by atoms with Crippen LogP contribution in [0.25, 0.3) is 0 Å². The van der Waals surface area contributed by atoms with Gasteiger partial charge in [-0.05, 0) is 30.7 Å². The summed E-state index contributed by atoms with van der Waals surface area (Å²) in [5.41, 5.74) is 3.91. The van der Waals surface area contributed by atoms with Crippen LogP contribution in [0, 0.1) is 0 Å². The van der Waals surface area contributed by atoms with Crippen molar-refractivity contribution >= 4 is 35.8 Å². The first-order chi connectivity index (χ1) is 14.9. The first-order valence-electron chi connectivity index (χ1n) is 11.3. The molecule has 0 radical (unpaired) electrons. The number of hydrogen-bond acceptors (Lipinski definition) is 4. The molecule has 1 fully saturated rings. The lowest BCUT2D eigenvalue weighted by Gasteiger charge is -2.34. The number of guanidine groups is 1. The van der Waals surface area contributed by atoms with Crippen LogP contribution in [0.4, 0.5) is 5.82 Å². The highest BCUT2D eigenvalue weighted by atomic mass is 127. The number of anilines is 1. The Hall–Kier alpha value is -1.87. The molecule has 1 aliphatic heterocycles. The summed E-state index contributed by atoms with van der Waals surface area (Å²) in [7, 11) is 4.00. The van der Waals surface area contributed by atoms with Gasteiger partial charge in [0.1, 0.15) is 5.82 Å². The minimum Gasteiger partial charge on any atom is -0.356 e. The standard InChI is InChI=1S/C25H38N6.HI/c1-6-20-9-11-22(12-10-20)25(2,3)19-29-24(26-4)28-18-21-8-7-13-27-23(21)31-16-14-30(5)15-17-31;/h7-13H,6,14-19H2,1-5H3,(H2,26,28,29);1H. The van der Waals surface area contributed by atoms with Crippen molar-refractivity contribution in [2.24, 2.45) is 4.99 Å². The molecule has 7 heteroatoms. The van der Waals surface area contributed by atoms with Gasteiger partial charge in [-0.15, -0.1) is 24.0 Å². The molecular formula is C25H39IN6. The van der Waals surface area contributed by atoms with Gasteiger partial charge in [-0.1, -0.05) is 51.1 Å². The van der Waals surface area contributed by atoms with Crippen molar-refractivity contribution in [3.63, 3.8) is 0 Å². The van der Waals surface area contributed by atoms with Crippen LogP contribution in [0.1, 0.15) is 37.5 Å². The number of rotatable bonds is 7. The Morgan fingerprint density at radius 1 is 1.06 bits per heavy atom. The Morgan fingerprint density at radius 2 is 1.75 bits per heavy atom. The number of likely N-dealkylation sites (N-methyl/N-ethyl adjacent to an activating group) is 1. The molecule has 0 amide bonds. The molecule has 32 heavy (non-hydrogen) atoms. The third kappa shape index (κ3) is 7.07. The predicted octanol–water partition coefficient (Wildman–Crippen LogP) is 3.66. The Labute approximate surface area is 210 Å². The van der Waals surface area contributed by atoms with Crippen LogP contribution in [0.2, 0.25) is 0 Å². The van der Waals surface area contributed by atoms with Crippen LogP contribution < -0.4 is 15.5 Å². The predicted molar refractivity (Wildman–Crippen MR) is 146 cm³/mol. The Kier molecular flexibility index (Phi) is 10.2. The number of pyridine rings is 1. The van der Waals surface area contributed by atoms with E-state index in [9.17, 15) is 0 Å². The van der Waals surface area contributed by atoms with Crippen molar-refractivity contribution in [3.8, 4) is 0 Å². The average Bonchev–Trinajstić information content (AvgIpc) is 2.80. The number of aryl methyl sites for hydroxylation is 1. The van der Waals surface area contributed by atoms with Gasteiger partial charge in [0.05, 0.1) is 0 Å². The topological polar surface area (TPSA) is 55.8 Å². The highest BCUT2D eigenvalue weighted by Crippen LogP contribution is 2.23. The first-order valence-corrected chi connectivity index (χ1v) is 11.3. The Morgan fingerprint density at radius 3 is 2.38 bits per heavy atom. The number of piperazine rings is 1. The minimum absolute atomic E-state index is 0. The summed E-state index contributed by atoms with van der Waals surface area (Å²) >= 11 is 0. The van der Waals surface area contributed by atoms with E-state index in [1.807, 2.05) is 19.3 Å². The maximum absolute atomic E-state index is 4.68. The molecule has 2 N–H and O–H groups in total. The first kappa shape index (κ1) is 26.4. The minimum atomic E-state index is 0. The van der Waals surface area contributed by atoms with Crippen molar-refractivity contribution in [2.75, 3.05) is 51.7 Å². The van der Waals surface area contributed by atoms with E-state index in [-0.39, 0.29) is 29.4 Å². The smallest absolute Gasteiger partial charge is 0.191 e. The van der Waals surface area contributed by atoms with Gasteiger partial charge in [-0.25, -0.2) is 4.98 Å². The molecule has 0 unspecified atom stereocenters. The van der Waals surface area contributed by atoms with E-state index in [0.29, 0.717) is 6.54 Å². The van der Waals surface area contributed by atoms with Crippen LogP contribution in [-0.2, 0) is 18.4 Å². The molecule has 0 atom stereocenters. The van der Waals surface area contributed by atoms with E-state index in [1.54, 1.807) is 0 Å². The van der Waals surface area contributed by atoms with E-state index in [2.05, 4.69) is 88.6 Å². The molecule has 2 heterocycles. The lowest BCUT2D eigenvalue weighted by Crippen LogP contribution is -2.46. The van der Waals surface area contributed by atoms with Crippen LogP contribution in [0.15, 0.2) is 47.6 Å². The van der Waals surface area contributed by atoms with Gasteiger partial charge in [-0.3, -0.25) is 4.99 Å². The van der Waals surface area contributed by atoms with Gasteiger partial charge in [0, 0.05) is 63.5 Å². The summed E-state index contributed by atoms with van der Waals surface area (Å²) in [6, 6.07) is 13.1. The number of nitrogens with zero attached hydrogens (tertiary/aromatic N) is 4. The van der Waals surface area contributed by atoms with Gasteiger partial charge in [0.25, 0.3) is 0 Å². The lowest BCUT2D eigenvalue weighted by atomic mass is 9.84. The zero-order valence-electron chi connectivity index (χ0n) is 20.2. The van der Waals surface area contributed by atoms with E-state index in [4.69, 9.17) is 0 Å². The molecule has 1 saturated heterocycles. The summed E-state index contributed by atoms with van der Waals surface area (Å²) in [6.07, 6.45) is 2.95. The van der Waals surface area contributed by atoms with E-state index >= 15 is 0 Å². The van der Waals surface area contributed by atoms with E-state index in [0.717, 1.165) is 50.9 Å². The number of hydrogen-bond donors (Lipinski definition) is 2. The average molecular weight is 551 g/mol. The zero-order chi connectivity index (χ0) is 22.3. The Bertz CT molecular complexity index is 857.